The van der Waals surface area contributed by atoms with Gasteiger partial charge in [-0.3, -0.25) is 9.88 Å². The lowest BCUT2D eigenvalue weighted by atomic mass is 10.0. The quantitative estimate of drug-likeness (QED) is 0.690. The second kappa shape index (κ2) is 7.83. The first-order valence-electron chi connectivity index (χ1n) is 11.6. The predicted molar refractivity (Wildman–Crippen MR) is 130 cm³/mol. The number of pyridine rings is 2. The molecule has 0 unspecified atom stereocenters. The molecule has 2 fully saturated rings. The van der Waals surface area contributed by atoms with Gasteiger partial charge in [0.2, 0.25) is 0 Å². The number of piperazine rings is 1. The molecule has 3 aromatic rings. The van der Waals surface area contributed by atoms with Gasteiger partial charge in [0.25, 0.3) is 0 Å². The van der Waals surface area contributed by atoms with E-state index in [1.54, 1.807) is 0 Å². The molecule has 164 valence electrons. The van der Waals surface area contributed by atoms with Crippen LogP contribution < -0.4 is 10.6 Å². The van der Waals surface area contributed by atoms with Gasteiger partial charge in [-0.1, -0.05) is 19.1 Å². The van der Waals surface area contributed by atoms with Crippen LogP contribution in [-0.2, 0) is 6.42 Å². The van der Waals surface area contributed by atoms with E-state index in [0.717, 1.165) is 59.7 Å². The van der Waals surface area contributed by atoms with E-state index in [1.807, 2.05) is 12.3 Å². The largest absolute Gasteiger partial charge is 0.387 e. The molecule has 2 saturated heterocycles. The van der Waals surface area contributed by atoms with E-state index in [1.165, 1.54) is 31.7 Å². The molecule has 0 spiro atoms. The normalized spacial score (nSPS) is 19.8. The Bertz CT molecular complexity index is 1190. The molecular weight excluding hydrogens is 398 g/mol. The van der Waals surface area contributed by atoms with E-state index in [2.05, 4.69) is 61.9 Å². The van der Waals surface area contributed by atoms with Crippen LogP contribution in [0.1, 0.15) is 12.5 Å². The molecule has 0 aliphatic carbocycles. The lowest BCUT2D eigenvalue weighted by molar-refractivity contribution is 0.0861. The van der Waals surface area contributed by atoms with Gasteiger partial charge in [-0.05, 0) is 36.4 Å². The Morgan fingerprint density at radius 3 is 2.66 bits per heavy atom. The SMILES string of the molecule is CCN1CCN(C2CN(c3cnc4ccc(-c5ccc6c(c5)N=C(N)C6)nc4c3)C2)CC1. The lowest BCUT2D eigenvalue weighted by Crippen LogP contribution is -2.63. The summed E-state index contributed by atoms with van der Waals surface area (Å²) in [5.74, 6) is 0.678. The van der Waals surface area contributed by atoms with Crippen molar-refractivity contribution in [3.8, 4) is 11.3 Å². The zero-order valence-corrected chi connectivity index (χ0v) is 18.5. The molecule has 7 nitrogen and oxygen atoms in total. The zero-order chi connectivity index (χ0) is 21.7. The highest BCUT2D eigenvalue weighted by Crippen LogP contribution is 2.32. The number of benzene rings is 1. The van der Waals surface area contributed by atoms with Crippen molar-refractivity contribution in [1.82, 2.24) is 19.8 Å². The average Bonchev–Trinajstić information content (AvgIpc) is 3.17. The first kappa shape index (κ1) is 19.6. The molecule has 2 aromatic heterocycles. The molecule has 3 aliphatic heterocycles. The predicted octanol–water partition coefficient (Wildman–Crippen LogP) is 2.67. The summed E-state index contributed by atoms with van der Waals surface area (Å²) in [6, 6.07) is 13.2. The van der Waals surface area contributed by atoms with Gasteiger partial charge >= 0.3 is 0 Å². The van der Waals surface area contributed by atoms with Gasteiger partial charge in [-0.25, -0.2) is 9.98 Å². The van der Waals surface area contributed by atoms with E-state index in [9.17, 15) is 0 Å². The Balaban J connectivity index is 1.19. The summed E-state index contributed by atoms with van der Waals surface area (Å²) >= 11 is 0. The third-order valence-electron chi connectivity index (χ3n) is 7.14. The van der Waals surface area contributed by atoms with Crippen molar-refractivity contribution < 1.29 is 0 Å². The van der Waals surface area contributed by atoms with Gasteiger partial charge in [-0.15, -0.1) is 0 Å². The van der Waals surface area contributed by atoms with Crippen LogP contribution >= 0.6 is 0 Å². The Hall–Kier alpha value is -3.03. The van der Waals surface area contributed by atoms with Gasteiger partial charge < -0.3 is 15.5 Å². The summed E-state index contributed by atoms with van der Waals surface area (Å²) in [4.78, 5) is 21.7. The molecular formula is C25H29N7. The standard InChI is InChI=1S/C25H29N7/c1-2-30-7-9-31(10-8-30)20-15-32(16-20)19-13-24-22(27-14-19)6-5-21(28-24)17-3-4-18-12-25(26)29-23(18)11-17/h3-6,11,13-14,20H,2,7-10,12,15-16H2,1H3,(H2,26,29). The topological polar surface area (TPSA) is 73.9 Å². The Labute approximate surface area is 188 Å². The number of amidine groups is 1. The fraction of sp³-hybridized carbons (Fsp3) is 0.400. The maximum atomic E-state index is 5.90. The molecule has 32 heavy (non-hydrogen) atoms. The van der Waals surface area contributed by atoms with E-state index in [0.29, 0.717) is 11.9 Å². The second-order valence-corrected chi connectivity index (χ2v) is 9.08. The molecule has 5 heterocycles. The van der Waals surface area contributed by atoms with Gasteiger partial charge in [-0.2, -0.15) is 0 Å². The monoisotopic (exact) mass is 427 g/mol. The average molecular weight is 428 g/mol. The summed E-state index contributed by atoms with van der Waals surface area (Å²) < 4.78 is 0. The molecule has 2 N–H and O–H groups in total. The van der Waals surface area contributed by atoms with Crippen molar-refractivity contribution in [1.29, 1.82) is 0 Å². The number of anilines is 1. The maximum absolute atomic E-state index is 5.90. The number of hydrogen-bond acceptors (Lipinski definition) is 7. The van der Waals surface area contributed by atoms with E-state index in [4.69, 9.17) is 10.7 Å². The van der Waals surface area contributed by atoms with Crippen molar-refractivity contribution >= 4 is 28.2 Å². The molecule has 1 aromatic carbocycles. The van der Waals surface area contributed by atoms with Gasteiger partial charge in [0.05, 0.1) is 34.3 Å². The summed E-state index contributed by atoms with van der Waals surface area (Å²) in [6.45, 7) is 10.3. The number of hydrogen-bond donors (Lipinski definition) is 1. The zero-order valence-electron chi connectivity index (χ0n) is 18.5. The molecule has 0 atom stereocenters. The highest BCUT2D eigenvalue weighted by molar-refractivity contribution is 5.92. The molecule has 3 aliphatic rings. The molecule has 0 amide bonds. The maximum Gasteiger partial charge on any atom is 0.104 e. The molecule has 0 bridgehead atoms. The minimum atomic E-state index is 0.656. The van der Waals surface area contributed by atoms with Gasteiger partial charge in [0.15, 0.2) is 0 Å². The minimum absolute atomic E-state index is 0.656. The molecule has 7 heteroatoms. The summed E-state index contributed by atoms with van der Waals surface area (Å²) in [5.41, 5.74) is 13.1. The lowest BCUT2D eigenvalue weighted by Gasteiger charge is -2.49. The molecule has 6 rings (SSSR count). The fourth-order valence-corrected chi connectivity index (χ4v) is 5.04. The smallest absolute Gasteiger partial charge is 0.104 e. The number of fused-ring (bicyclic) bond motifs is 2. The van der Waals surface area contributed by atoms with Crippen LogP contribution in [0.25, 0.3) is 22.3 Å². The first-order chi connectivity index (χ1) is 15.7. The number of nitrogens with two attached hydrogens (primary N) is 1. The number of nitrogens with zero attached hydrogens (tertiary/aromatic N) is 6. The van der Waals surface area contributed by atoms with Crippen LogP contribution in [0.15, 0.2) is 47.6 Å². The highest BCUT2D eigenvalue weighted by Gasteiger charge is 2.33. The molecule has 0 saturated carbocycles. The highest BCUT2D eigenvalue weighted by atomic mass is 15.3. The number of rotatable bonds is 4. The van der Waals surface area contributed by atoms with E-state index < -0.39 is 0 Å². The minimum Gasteiger partial charge on any atom is -0.387 e. The third-order valence-corrected chi connectivity index (χ3v) is 7.14. The number of aliphatic imine (C=N–C) groups is 1. The van der Waals surface area contributed by atoms with Crippen LogP contribution in [0.2, 0.25) is 0 Å². The van der Waals surface area contributed by atoms with Crippen molar-refractivity contribution in [3.05, 3.63) is 48.2 Å². The number of aromatic nitrogens is 2. The van der Waals surface area contributed by atoms with E-state index >= 15 is 0 Å². The van der Waals surface area contributed by atoms with Crippen LogP contribution in [-0.4, -0.2) is 77.5 Å². The fourth-order valence-electron chi connectivity index (χ4n) is 5.04. The van der Waals surface area contributed by atoms with Crippen LogP contribution in [0.5, 0.6) is 0 Å². The summed E-state index contributed by atoms with van der Waals surface area (Å²) in [6.07, 6.45) is 2.72. The van der Waals surface area contributed by atoms with Crippen molar-refractivity contribution in [2.24, 2.45) is 10.7 Å². The van der Waals surface area contributed by atoms with Crippen molar-refractivity contribution in [3.63, 3.8) is 0 Å². The Kier molecular flexibility index (Phi) is 4.81. The first-order valence-corrected chi connectivity index (χ1v) is 11.6. The van der Waals surface area contributed by atoms with E-state index in [-0.39, 0.29) is 0 Å². The number of likely N-dealkylation sites (N-methyl/N-ethyl adjacent to an activating group) is 1. The van der Waals surface area contributed by atoms with Gasteiger partial charge in [0.1, 0.15) is 5.84 Å². The van der Waals surface area contributed by atoms with Crippen molar-refractivity contribution in [2.45, 2.75) is 19.4 Å². The van der Waals surface area contributed by atoms with Crippen LogP contribution in [0.3, 0.4) is 0 Å². The van der Waals surface area contributed by atoms with Crippen molar-refractivity contribution in [2.75, 3.05) is 50.7 Å². The Morgan fingerprint density at radius 1 is 1.00 bits per heavy atom. The van der Waals surface area contributed by atoms with Crippen LogP contribution in [0.4, 0.5) is 11.4 Å². The molecule has 0 radical (unpaired) electrons. The summed E-state index contributed by atoms with van der Waals surface area (Å²) in [7, 11) is 0. The van der Waals surface area contributed by atoms with Gasteiger partial charge in [0, 0.05) is 57.3 Å². The Morgan fingerprint density at radius 2 is 1.84 bits per heavy atom. The second-order valence-electron chi connectivity index (χ2n) is 9.08. The van der Waals surface area contributed by atoms with Crippen LogP contribution in [0, 0.1) is 0 Å². The summed E-state index contributed by atoms with van der Waals surface area (Å²) in [5, 5.41) is 0. The third kappa shape index (κ3) is 3.51.